The molecule has 0 radical (unpaired) electrons. The summed E-state index contributed by atoms with van der Waals surface area (Å²) in [6.07, 6.45) is 0. The molecule has 1 aromatic carbocycles. The highest BCUT2D eigenvalue weighted by Gasteiger charge is 2.22. The third-order valence-electron chi connectivity index (χ3n) is 2.69. The molecule has 0 aliphatic rings. The minimum atomic E-state index is -1.14. The van der Waals surface area contributed by atoms with Crippen molar-refractivity contribution in [2.45, 2.75) is 12.6 Å². The van der Waals surface area contributed by atoms with Crippen molar-refractivity contribution in [3.05, 3.63) is 58.0 Å². The second kappa shape index (κ2) is 6.85. The Hall–Kier alpha value is -2.41. The van der Waals surface area contributed by atoms with Gasteiger partial charge in [-0.25, -0.2) is 14.0 Å². The Kier molecular flexibility index (Phi) is 4.89. The van der Waals surface area contributed by atoms with Gasteiger partial charge in [0.25, 0.3) is 0 Å². The van der Waals surface area contributed by atoms with Gasteiger partial charge in [-0.1, -0.05) is 18.2 Å². The number of thiophene rings is 1. The normalized spacial score (nSPS) is 11.7. The summed E-state index contributed by atoms with van der Waals surface area (Å²) >= 11 is 1.24. The molecule has 3 N–H and O–H groups in total. The Morgan fingerprint density at radius 3 is 2.71 bits per heavy atom. The van der Waals surface area contributed by atoms with Crippen molar-refractivity contribution in [3.63, 3.8) is 0 Å². The molecule has 0 aliphatic heterocycles. The standard InChI is InChI=1S/C14H13FN2O3S/c15-10-4-1-3-9(7-10)8-16-14(20)17-12(13(18)19)11-5-2-6-21-11/h1-7,12H,8H2,(H,18,19)(H2,16,17,20). The molecule has 5 nitrogen and oxygen atoms in total. The fourth-order valence-electron chi connectivity index (χ4n) is 1.72. The molecule has 1 unspecified atom stereocenters. The summed E-state index contributed by atoms with van der Waals surface area (Å²) in [7, 11) is 0. The number of hydrogen-bond acceptors (Lipinski definition) is 3. The monoisotopic (exact) mass is 308 g/mol. The molecule has 2 aromatic rings. The van der Waals surface area contributed by atoms with E-state index in [2.05, 4.69) is 10.6 Å². The summed E-state index contributed by atoms with van der Waals surface area (Å²) in [5.74, 6) is -1.53. The Balaban J connectivity index is 1.92. The number of urea groups is 1. The van der Waals surface area contributed by atoms with E-state index >= 15 is 0 Å². The number of halogens is 1. The summed E-state index contributed by atoms with van der Waals surface area (Å²) in [6.45, 7) is 0.111. The van der Waals surface area contributed by atoms with Gasteiger partial charge >= 0.3 is 12.0 Å². The number of rotatable bonds is 5. The second-order valence-corrected chi connectivity index (χ2v) is 5.22. The van der Waals surface area contributed by atoms with Crippen LogP contribution < -0.4 is 10.6 Å². The van der Waals surface area contributed by atoms with Crippen LogP contribution in [0.3, 0.4) is 0 Å². The molecule has 1 atom stereocenters. The van der Waals surface area contributed by atoms with Crippen LogP contribution in [0.25, 0.3) is 0 Å². The van der Waals surface area contributed by atoms with E-state index in [4.69, 9.17) is 5.11 Å². The van der Waals surface area contributed by atoms with Crippen LogP contribution in [0.5, 0.6) is 0 Å². The molecule has 110 valence electrons. The highest BCUT2D eigenvalue weighted by atomic mass is 32.1. The number of carbonyl (C=O) groups is 2. The van der Waals surface area contributed by atoms with Gasteiger partial charge < -0.3 is 15.7 Å². The molecule has 0 spiro atoms. The molecular weight excluding hydrogens is 295 g/mol. The van der Waals surface area contributed by atoms with Crippen LogP contribution in [0.4, 0.5) is 9.18 Å². The van der Waals surface area contributed by atoms with Gasteiger partial charge in [0.2, 0.25) is 0 Å². The van der Waals surface area contributed by atoms with E-state index in [1.807, 2.05) is 0 Å². The van der Waals surface area contributed by atoms with E-state index in [1.54, 1.807) is 23.6 Å². The Labute approximate surface area is 124 Å². The lowest BCUT2D eigenvalue weighted by Gasteiger charge is -2.13. The summed E-state index contributed by atoms with van der Waals surface area (Å²) in [5.41, 5.74) is 0.591. The van der Waals surface area contributed by atoms with E-state index in [9.17, 15) is 14.0 Å². The first kappa shape index (κ1) is 15.0. The van der Waals surface area contributed by atoms with Crippen LogP contribution in [-0.4, -0.2) is 17.1 Å². The number of carbonyl (C=O) groups excluding carboxylic acids is 1. The smallest absolute Gasteiger partial charge is 0.331 e. The number of carboxylic acid groups (broad SMARTS) is 1. The van der Waals surface area contributed by atoms with Gasteiger partial charge in [0.15, 0.2) is 6.04 Å². The summed E-state index contributed by atoms with van der Waals surface area (Å²) in [4.78, 5) is 23.4. The molecular formula is C14H13FN2O3S. The third kappa shape index (κ3) is 4.28. The van der Waals surface area contributed by atoms with Crippen molar-refractivity contribution in [1.82, 2.24) is 10.6 Å². The van der Waals surface area contributed by atoms with Crippen molar-refractivity contribution < 1.29 is 19.1 Å². The molecule has 0 fully saturated rings. The highest BCUT2D eigenvalue weighted by Crippen LogP contribution is 2.18. The largest absolute Gasteiger partial charge is 0.479 e. The van der Waals surface area contributed by atoms with Crippen LogP contribution in [0.15, 0.2) is 41.8 Å². The SMILES string of the molecule is O=C(NCc1cccc(F)c1)NC(C(=O)O)c1cccs1. The molecule has 1 heterocycles. The van der Waals surface area contributed by atoms with Gasteiger partial charge in [-0.3, -0.25) is 0 Å². The van der Waals surface area contributed by atoms with Crippen molar-refractivity contribution in [1.29, 1.82) is 0 Å². The zero-order chi connectivity index (χ0) is 15.2. The predicted molar refractivity (Wildman–Crippen MR) is 76.5 cm³/mol. The highest BCUT2D eigenvalue weighted by molar-refractivity contribution is 7.10. The summed E-state index contributed by atoms with van der Waals surface area (Å²) in [6, 6.07) is 7.43. The van der Waals surface area contributed by atoms with Crippen LogP contribution in [0.1, 0.15) is 16.5 Å². The Morgan fingerprint density at radius 1 is 1.29 bits per heavy atom. The average molecular weight is 308 g/mol. The fourth-order valence-corrected chi connectivity index (χ4v) is 2.49. The maximum atomic E-state index is 13.0. The van der Waals surface area contributed by atoms with Crippen molar-refractivity contribution in [3.8, 4) is 0 Å². The Morgan fingerprint density at radius 2 is 2.10 bits per heavy atom. The first-order chi connectivity index (χ1) is 10.1. The lowest BCUT2D eigenvalue weighted by molar-refractivity contribution is -0.139. The molecule has 0 aliphatic carbocycles. The summed E-state index contributed by atoms with van der Waals surface area (Å²) < 4.78 is 13.0. The minimum absolute atomic E-state index is 0.111. The van der Waals surface area contributed by atoms with Crippen LogP contribution in [-0.2, 0) is 11.3 Å². The lowest BCUT2D eigenvalue weighted by Crippen LogP contribution is -2.40. The predicted octanol–water partition coefficient (Wildman–Crippen LogP) is 2.51. The quantitative estimate of drug-likeness (QED) is 0.794. The zero-order valence-electron chi connectivity index (χ0n) is 10.9. The Bertz CT molecular complexity index is 631. The first-order valence-corrected chi connectivity index (χ1v) is 6.99. The van der Waals surface area contributed by atoms with Gasteiger partial charge in [0.05, 0.1) is 0 Å². The average Bonchev–Trinajstić information content (AvgIpc) is 2.96. The maximum Gasteiger partial charge on any atom is 0.331 e. The molecule has 1 aromatic heterocycles. The topological polar surface area (TPSA) is 78.4 Å². The van der Waals surface area contributed by atoms with Crippen molar-refractivity contribution in [2.24, 2.45) is 0 Å². The maximum absolute atomic E-state index is 13.0. The van der Waals surface area contributed by atoms with E-state index in [0.29, 0.717) is 10.4 Å². The number of aliphatic carboxylic acids is 1. The van der Waals surface area contributed by atoms with Gasteiger partial charge in [-0.15, -0.1) is 11.3 Å². The van der Waals surface area contributed by atoms with Gasteiger partial charge in [-0.2, -0.15) is 0 Å². The third-order valence-corrected chi connectivity index (χ3v) is 3.63. The fraction of sp³-hybridized carbons (Fsp3) is 0.143. The lowest BCUT2D eigenvalue weighted by atomic mass is 10.2. The number of benzene rings is 1. The van der Waals surface area contributed by atoms with Gasteiger partial charge in [0, 0.05) is 11.4 Å². The molecule has 0 saturated heterocycles. The molecule has 0 saturated carbocycles. The van der Waals surface area contributed by atoms with E-state index in [-0.39, 0.29) is 6.54 Å². The van der Waals surface area contributed by atoms with Crippen LogP contribution >= 0.6 is 11.3 Å². The first-order valence-electron chi connectivity index (χ1n) is 6.11. The van der Waals surface area contributed by atoms with Crippen LogP contribution in [0.2, 0.25) is 0 Å². The van der Waals surface area contributed by atoms with E-state index in [1.165, 1.54) is 29.5 Å². The number of nitrogens with one attached hydrogen (secondary N) is 2. The van der Waals surface area contributed by atoms with Gasteiger partial charge in [-0.05, 0) is 29.1 Å². The van der Waals surface area contributed by atoms with E-state index in [0.717, 1.165) is 0 Å². The molecule has 2 amide bonds. The van der Waals surface area contributed by atoms with Crippen molar-refractivity contribution in [2.75, 3.05) is 0 Å². The summed E-state index contributed by atoms with van der Waals surface area (Å²) in [5, 5.41) is 15.7. The number of hydrogen-bond donors (Lipinski definition) is 3. The molecule has 7 heteroatoms. The van der Waals surface area contributed by atoms with E-state index < -0.39 is 23.9 Å². The number of carboxylic acids is 1. The molecule has 0 bridgehead atoms. The molecule has 21 heavy (non-hydrogen) atoms. The number of amides is 2. The molecule has 2 rings (SSSR count). The zero-order valence-corrected chi connectivity index (χ0v) is 11.7. The minimum Gasteiger partial charge on any atom is -0.479 e. The van der Waals surface area contributed by atoms with Crippen molar-refractivity contribution >= 4 is 23.3 Å². The second-order valence-electron chi connectivity index (χ2n) is 4.24. The van der Waals surface area contributed by atoms with Gasteiger partial charge in [0.1, 0.15) is 5.82 Å². The van der Waals surface area contributed by atoms with Crippen LogP contribution in [0, 0.1) is 5.82 Å².